The summed E-state index contributed by atoms with van der Waals surface area (Å²) in [7, 11) is -3.05. The Hall–Kier alpha value is -1.23. The SMILES string of the molecule is O=C(c1cccc(F)c1)C1CC2CCCC(C1)S2(=O)=O. The van der Waals surface area contributed by atoms with E-state index in [0.717, 1.165) is 6.42 Å². The Kier molecular flexibility index (Phi) is 3.40. The molecule has 108 valence electrons. The number of carbonyl (C=O) groups is 1. The molecule has 0 amide bonds. The Morgan fingerprint density at radius 3 is 2.40 bits per heavy atom. The average molecular weight is 296 g/mol. The molecule has 2 aliphatic rings. The van der Waals surface area contributed by atoms with Crippen LogP contribution >= 0.6 is 0 Å². The number of ketones is 1. The van der Waals surface area contributed by atoms with Gasteiger partial charge in [0.1, 0.15) is 5.82 Å². The molecular weight excluding hydrogens is 279 g/mol. The van der Waals surface area contributed by atoms with Crippen molar-refractivity contribution in [2.45, 2.75) is 42.6 Å². The zero-order valence-electron chi connectivity index (χ0n) is 11.1. The van der Waals surface area contributed by atoms with Crippen LogP contribution in [0.15, 0.2) is 24.3 Å². The van der Waals surface area contributed by atoms with Crippen LogP contribution in [0.25, 0.3) is 0 Å². The number of halogens is 1. The topological polar surface area (TPSA) is 51.2 Å². The van der Waals surface area contributed by atoms with Crippen LogP contribution in [-0.4, -0.2) is 24.7 Å². The molecule has 2 unspecified atom stereocenters. The first-order valence-corrected chi connectivity index (χ1v) is 8.62. The highest BCUT2D eigenvalue weighted by Crippen LogP contribution is 2.40. The van der Waals surface area contributed by atoms with Crippen molar-refractivity contribution in [2.75, 3.05) is 0 Å². The van der Waals surface area contributed by atoms with Gasteiger partial charge in [-0.3, -0.25) is 4.79 Å². The average Bonchev–Trinajstić information content (AvgIpc) is 2.36. The lowest BCUT2D eigenvalue weighted by Crippen LogP contribution is -2.45. The van der Waals surface area contributed by atoms with E-state index in [2.05, 4.69) is 0 Å². The van der Waals surface area contributed by atoms with Gasteiger partial charge in [-0.25, -0.2) is 12.8 Å². The van der Waals surface area contributed by atoms with Crippen LogP contribution in [0.5, 0.6) is 0 Å². The van der Waals surface area contributed by atoms with Gasteiger partial charge in [-0.15, -0.1) is 0 Å². The lowest BCUT2D eigenvalue weighted by atomic mass is 9.84. The van der Waals surface area contributed by atoms with Crippen LogP contribution in [0.3, 0.4) is 0 Å². The zero-order valence-corrected chi connectivity index (χ0v) is 11.9. The zero-order chi connectivity index (χ0) is 14.3. The molecule has 5 heteroatoms. The number of carbonyl (C=O) groups excluding carboxylic acids is 1. The van der Waals surface area contributed by atoms with E-state index in [4.69, 9.17) is 0 Å². The van der Waals surface area contributed by atoms with Gasteiger partial charge in [0.15, 0.2) is 15.6 Å². The molecule has 0 spiro atoms. The van der Waals surface area contributed by atoms with E-state index in [1.165, 1.54) is 18.2 Å². The van der Waals surface area contributed by atoms with E-state index < -0.39 is 15.7 Å². The lowest BCUT2D eigenvalue weighted by molar-refractivity contribution is 0.0893. The fourth-order valence-electron chi connectivity index (χ4n) is 3.50. The van der Waals surface area contributed by atoms with Crippen LogP contribution in [0.2, 0.25) is 0 Å². The molecule has 2 fully saturated rings. The second kappa shape index (κ2) is 4.95. The Morgan fingerprint density at radius 1 is 1.15 bits per heavy atom. The molecule has 0 aliphatic carbocycles. The minimum atomic E-state index is -3.05. The van der Waals surface area contributed by atoms with E-state index in [1.807, 2.05) is 0 Å². The second-order valence-electron chi connectivity index (χ2n) is 5.81. The molecule has 1 aromatic rings. The van der Waals surface area contributed by atoms with Crippen molar-refractivity contribution in [2.24, 2.45) is 5.92 Å². The summed E-state index contributed by atoms with van der Waals surface area (Å²) < 4.78 is 37.6. The predicted molar refractivity (Wildman–Crippen MR) is 73.8 cm³/mol. The van der Waals surface area contributed by atoms with Gasteiger partial charge in [0.05, 0.1) is 10.5 Å². The smallest absolute Gasteiger partial charge is 0.166 e. The van der Waals surface area contributed by atoms with Gasteiger partial charge >= 0.3 is 0 Å². The predicted octanol–water partition coefficient (Wildman–Crippen LogP) is 2.75. The number of benzene rings is 1. The van der Waals surface area contributed by atoms with Gasteiger partial charge in [-0.05, 0) is 37.8 Å². The summed E-state index contributed by atoms with van der Waals surface area (Å²) in [5.41, 5.74) is 0.354. The fourth-order valence-corrected chi connectivity index (χ4v) is 6.04. The van der Waals surface area contributed by atoms with Gasteiger partial charge in [0.25, 0.3) is 0 Å². The van der Waals surface area contributed by atoms with Crippen molar-refractivity contribution in [3.8, 4) is 0 Å². The van der Waals surface area contributed by atoms with E-state index in [0.29, 0.717) is 31.2 Å². The number of hydrogen-bond donors (Lipinski definition) is 0. The van der Waals surface area contributed by atoms with Gasteiger partial charge in [-0.2, -0.15) is 0 Å². The summed E-state index contributed by atoms with van der Waals surface area (Å²) in [5.74, 6) is -0.827. The number of sulfone groups is 1. The first-order valence-electron chi connectivity index (χ1n) is 7.01. The Bertz CT molecular complexity index is 618. The molecule has 0 N–H and O–H groups in total. The number of rotatable bonds is 2. The quantitative estimate of drug-likeness (QED) is 0.789. The van der Waals surface area contributed by atoms with Crippen molar-refractivity contribution in [3.05, 3.63) is 35.6 Å². The molecule has 2 atom stereocenters. The minimum absolute atomic E-state index is 0.115. The summed E-state index contributed by atoms with van der Waals surface area (Å²) in [6.07, 6.45) is 3.04. The summed E-state index contributed by atoms with van der Waals surface area (Å²) in [5, 5.41) is -0.755. The normalized spacial score (nSPS) is 31.8. The summed E-state index contributed by atoms with van der Waals surface area (Å²) in [6.45, 7) is 0. The molecule has 1 aromatic carbocycles. The molecule has 2 aliphatic heterocycles. The fraction of sp³-hybridized carbons (Fsp3) is 0.533. The number of hydrogen-bond acceptors (Lipinski definition) is 3. The summed E-state index contributed by atoms with van der Waals surface area (Å²) in [6, 6.07) is 5.66. The molecule has 0 aromatic heterocycles. The Labute approximate surface area is 118 Å². The van der Waals surface area contributed by atoms with E-state index >= 15 is 0 Å². The number of fused-ring (bicyclic) bond motifs is 2. The van der Waals surface area contributed by atoms with Gasteiger partial charge in [0.2, 0.25) is 0 Å². The van der Waals surface area contributed by atoms with Gasteiger partial charge in [0, 0.05) is 11.5 Å². The molecule has 20 heavy (non-hydrogen) atoms. The highest BCUT2D eigenvalue weighted by atomic mass is 32.2. The van der Waals surface area contributed by atoms with Gasteiger partial charge in [-0.1, -0.05) is 18.6 Å². The molecule has 3 rings (SSSR count). The standard InChI is InChI=1S/C15H17FO3S/c16-12-4-1-3-10(7-12)15(17)11-8-13-5-2-6-14(9-11)20(13,18)19/h1,3-4,7,11,13-14H,2,5-6,8-9H2. The van der Waals surface area contributed by atoms with E-state index in [1.54, 1.807) is 6.07 Å². The van der Waals surface area contributed by atoms with Gasteiger partial charge < -0.3 is 0 Å². The van der Waals surface area contributed by atoms with Crippen molar-refractivity contribution < 1.29 is 17.6 Å². The molecule has 2 saturated heterocycles. The van der Waals surface area contributed by atoms with Crippen molar-refractivity contribution in [1.29, 1.82) is 0 Å². The first kappa shape index (κ1) is 13.7. The molecule has 0 saturated carbocycles. The lowest BCUT2D eigenvalue weighted by Gasteiger charge is -2.38. The maximum atomic E-state index is 13.2. The van der Waals surface area contributed by atoms with Crippen molar-refractivity contribution in [1.82, 2.24) is 0 Å². The molecule has 3 nitrogen and oxygen atoms in total. The molecule has 2 heterocycles. The largest absolute Gasteiger partial charge is 0.294 e. The van der Waals surface area contributed by atoms with Crippen LogP contribution in [-0.2, 0) is 9.84 Å². The Balaban J connectivity index is 1.85. The van der Waals surface area contributed by atoms with E-state index in [-0.39, 0.29) is 22.2 Å². The number of Topliss-reactive ketones (excluding diaryl/α,β-unsaturated/α-hetero) is 1. The van der Waals surface area contributed by atoms with E-state index in [9.17, 15) is 17.6 Å². The molecule has 2 bridgehead atoms. The van der Waals surface area contributed by atoms with Crippen LogP contribution in [0.4, 0.5) is 4.39 Å². The summed E-state index contributed by atoms with van der Waals surface area (Å²) >= 11 is 0. The first-order chi connectivity index (χ1) is 9.48. The highest BCUT2D eigenvalue weighted by Gasteiger charge is 2.46. The van der Waals surface area contributed by atoms with Crippen LogP contribution in [0.1, 0.15) is 42.5 Å². The third-order valence-corrected chi connectivity index (χ3v) is 7.27. The molecular formula is C15H17FO3S. The monoisotopic (exact) mass is 296 g/mol. The van der Waals surface area contributed by atoms with Crippen LogP contribution in [0, 0.1) is 11.7 Å². The summed E-state index contributed by atoms with van der Waals surface area (Å²) in [4.78, 5) is 12.4. The van der Waals surface area contributed by atoms with Crippen molar-refractivity contribution in [3.63, 3.8) is 0 Å². The van der Waals surface area contributed by atoms with Crippen molar-refractivity contribution >= 4 is 15.6 Å². The highest BCUT2D eigenvalue weighted by molar-refractivity contribution is 7.92. The maximum absolute atomic E-state index is 13.2. The second-order valence-corrected chi connectivity index (χ2v) is 8.32. The van der Waals surface area contributed by atoms with Crippen LogP contribution < -0.4 is 0 Å². The minimum Gasteiger partial charge on any atom is -0.294 e. The maximum Gasteiger partial charge on any atom is 0.166 e. The molecule has 0 radical (unpaired) electrons. The Morgan fingerprint density at radius 2 is 1.80 bits per heavy atom. The third-order valence-electron chi connectivity index (χ3n) is 4.56. The third kappa shape index (κ3) is 2.28.